The Morgan fingerprint density at radius 3 is 2.38 bits per heavy atom. The third-order valence-corrected chi connectivity index (χ3v) is 5.26. The molecular weight excluding hydrogens is 439 g/mol. The Kier molecular flexibility index (Phi) is 6.19. The maximum absolute atomic E-state index is 14.8. The van der Waals surface area contributed by atoms with Gasteiger partial charge in [0.25, 0.3) is 0 Å². The minimum atomic E-state index is -0.516. The highest BCUT2D eigenvalue weighted by atomic mass is 19.1. The summed E-state index contributed by atoms with van der Waals surface area (Å²) in [6.45, 7) is 5.93. The van der Waals surface area contributed by atoms with E-state index in [4.69, 9.17) is 14.0 Å². The molecule has 8 nitrogen and oxygen atoms in total. The molecule has 2 heterocycles. The number of carbonyl (C=O) groups is 1. The van der Waals surface area contributed by atoms with Crippen molar-refractivity contribution in [1.29, 1.82) is 0 Å². The zero-order valence-corrected chi connectivity index (χ0v) is 19.6. The molecule has 0 aliphatic rings. The fourth-order valence-electron chi connectivity index (χ4n) is 3.38. The van der Waals surface area contributed by atoms with Gasteiger partial charge in [-0.05, 0) is 11.6 Å². The molecule has 1 N–H and O–H groups in total. The highest BCUT2D eigenvalue weighted by Gasteiger charge is 2.20. The monoisotopic (exact) mass is 464 g/mol. The number of rotatable bonds is 6. The van der Waals surface area contributed by atoms with Crippen molar-refractivity contribution in [3.05, 3.63) is 59.7 Å². The Balaban J connectivity index is 1.52. The number of benzene rings is 2. The molecule has 0 saturated carbocycles. The van der Waals surface area contributed by atoms with E-state index in [-0.39, 0.29) is 17.4 Å². The van der Waals surface area contributed by atoms with Crippen LogP contribution in [0.1, 0.15) is 32.1 Å². The van der Waals surface area contributed by atoms with Gasteiger partial charge in [0, 0.05) is 29.2 Å². The average Bonchev–Trinajstić information content (AvgIpc) is 3.28. The minimum Gasteiger partial charge on any atom is -0.493 e. The number of methoxy groups -OCH3 is 2. The number of nitrogens with one attached hydrogen (secondary N) is 1. The summed E-state index contributed by atoms with van der Waals surface area (Å²) in [6, 6.07) is 9.72. The summed E-state index contributed by atoms with van der Waals surface area (Å²) in [5, 5.41) is 6.50. The topological polar surface area (TPSA) is 99.4 Å². The smallest absolute Gasteiger partial charge is 0.230 e. The third kappa shape index (κ3) is 4.83. The van der Waals surface area contributed by atoms with Gasteiger partial charge in [-0.2, -0.15) is 0 Å². The van der Waals surface area contributed by atoms with Crippen LogP contribution in [0, 0.1) is 5.82 Å². The van der Waals surface area contributed by atoms with Crippen molar-refractivity contribution in [2.45, 2.75) is 32.6 Å². The van der Waals surface area contributed by atoms with Crippen molar-refractivity contribution in [2.24, 2.45) is 0 Å². The van der Waals surface area contributed by atoms with Gasteiger partial charge >= 0.3 is 0 Å². The van der Waals surface area contributed by atoms with Crippen LogP contribution in [-0.4, -0.2) is 35.3 Å². The quantitative estimate of drug-likeness (QED) is 0.432. The molecule has 0 unspecified atom stereocenters. The lowest BCUT2D eigenvalue weighted by atomic mass is 9.93. The first-order valence-corrected chi connectivity index (χ1v) is 10.6. The predicted molar refractivity (Wildman–Crippen MR) is 126 cm³/mol. The van der Waals surface area contributed by atoms with Crippen LogP contribution in [0.25, 0.3) is 22.3 Å². The lowest BCUT2D eigenvalue weighted by Gasteiger charge is -2.12. The second kappa shape index (κ2) is 9.09. The third-order valence-electron chi connectivity index (χ3n) is 5.26. The van der Waals surface area contributed by atoms with Crippen molar-refractivity contribution in [2.75, 3.05) is 19.5 Å². The normalized spacial score (nSPS) is 11.5. The van der Waals surface area contributed by atoms with E-state index in [1.165, 1.54) is 13.2 Å². The van der Waals surface area contributed by atoms with E-state index in [9.17, 15) is 9.18 Å². The van der Waals surface area contributed by atoms with Gasteiger partial charge in [0.15, 0.2) is 17.3 Å². The van der Waals surface area contributed by atoms with Crippen molar-refractivity contribution >= 4 is 22.8 Å². The first-order chi connectivity index (χ1) is 16.2. The molecule has 34 heavy (non-hydrogen) atoms. The van der Waals surface area contributed by atoms with Gasteiger partial charge in [-0.15, -0.1) is 0 Å². The Labute approximate surface area is 196 Å². The average molecular weight is 464 g/mol. The Bertz CT molecular complexity index is 1360. The summed E-state index contributed by atoms with van der Waals surface area (Å²) in [5.74, 6) is 1.10. The number of fused-ring (bicyclic) bond motifs is 1. The van der Waals surface area contributed by atoms with Gasteiger partial charge in [-0.3, -0.25) is 9.78 Å². The van der Waals surface area contributed by atoms with Crippen molar-refractivity contribution in [3.8, 4) is 22.8 Å². The Hall–Kier alpha value is -4.01. The van der Waals surface area contributed by atoms with E-state index >= 15 is 0 Å². The number of hydrogen-bond donors (Lipinski definition) is 1. The van der Waals surface area contributed by atoms with Crippen LogP contribution >= 0.6 is 0 Å². The van der Waals surface area contributed by atoms with Crippen LogP contribution in [-0.2, 0) is 16.6 Å². The lowest BCUT2D eigenvalue weighted by Crippen LogP contribution is -2.15. The molecule has 0 bridgehead atoms. The van der Waals surface area contributed by atoms with E-state index in [1.54, 1.807) is 43.6 Å². The van der Waals surface area contributed by atoms with E-state index in [0.717, 1.165) is 0 Å². The molecule has 4 rings (SSSR count). The van der Waals surface area contributed by atoms with Crippen molar-refractivity contribution < 1.29 is 23.2 Å². The minimum absolute atomic E-state index is 0.149. The maximum atomic E-state index is 14.8. The summed E-state index contributed by atoms with van der Waals surface area (Å²) < 4.78 is 30.7. The molecular formula is C25H25FN4O4. The van der Waals surface area contributed by atoms with Crippen LogP contribution in [0.3, 0.4) is 0 Å². The molecule has 0 fully saturated rings. The molecule has 176 valence electrons. The van der Waals surface area contributed by atoms with Crippen LogP contribution in [0.4, 0.5) is 10.2 Å². The van der Waals surface area contributed by atoms with Crippen molar-refractivity contribution in [3.63, 3.8) is 0 Å². The largest absolute Gasteiger partial charge is 0.493 e. The SMILES string of the molecule is COc1cc2ncc(-c3ccc(CC(=O)Nc4cc(C(C)(C)C)on4)c(F)c3)nc2cc1OC. The highest BCUT2D eigenvalue weighted by molar-refractivity contribution is 5.91. The number of amides is 1. The molecule has 0 radical (unpaired) electrons. The second-order valence-electron chi connectivity index (χ2n) is 8.81. The van der Waals surface area contributed by atoms with Gasteiger partial charge in [-0.1, -0.05) is 38.1 Å². The number of nitrogens with zero attached hydrogens (tertiary/aromatic N) is 3. The molecule has 0 aliphatic heterocycles. The number of anilines is 1. The number of hydrogen-bond acceptors (Lipinski definition) is 7. The molecule has 0 atom stereocenters. The van der Waals surface area contributed by atoms with Crippen LogP contribution < -0.4 is 14.8 Å². The summed E-state index contributed by atoms with van der Waals surface area (Å²) in [5.41, 5.74) is 2.25. The molecule has 0 saturated heterocycles. The van der Waals surface area contributed by atoms with Gasteiger partial charge in [0.1, 0.15) is 11.6 Å². The molecule has 0 spiro atoms. The van der Waals surface area contributed by atoms with Gasteiger partial charge in [0.2, 0.25) is 5.91 Å². The van der Waals surface area contributed by atoms with E-state index < -0.39 is 11.7 Å². The van der Waals surface area contributed by atoms with E-state index in [0.29, 0.717) is 45.4 Å². The number of ether oxygens (including phenoxy) is 2. The summed E-state index contributed by atoms with van der Waals surface area (Å²) in [6.07, 6.45) is 1.41. The molecule has 9 heteroatoms. The Morgan fingerprint density at radius 2 is 1.76 bits per heavy atom. The van der Waals surface area contributed by atoms with Crippen LogP contribution in [0.2, 0.25) is 0 Å². The maximum Gasteiger partial charge on any atom is 0.230 e. The zero-order chi connectivity index (χ0) is 24.5. The van der Waals surface area contributed by atoms with Gasteiger partial charge < -0.3 is 19.3 Å². The standard InChI is InChI=1S/C25H25FN4O4/c1-25(2,3)22-12-23(30-34-22)29-24(31)9-14-6-7-15(8-16(14)26)19-13-27-17-10-20(32-4)21(33-5)11-18(17)28-19/h6-8,10-13H,9H2,1-5H3,(H,29,30,31). The van der Waals surface area contributed by atoms with Crippen molar-refractivity contribution in [1.82, 2.24) is 15.1 Å². The lowest BCUT2D eigenvalue weighted by molar-refractivity contribution is -0.115. The van der Waals surface area contributed by atoms with E-state index in [1.807, 2.05) is 20.8 Å². The predicted octanol–water partition coefficient (Wildman–Crippen LogP) is 4.92. The number of aromatic nitrogens is 3. The fourth-order valence-corrected chi connectivity index (χ4v) is 3.38. The van der Waals surface area contributed by atoms with Gasteiger partial charge in [0.05, 0.1) is 43.6 Å². The van der Waals surface area contributed by atoms with Gasteiger partial charge in [-0.25, -0.2) is 9.37 Å². The Morgan fingerprint density at radius 1 is 1.06 bits per heavy atom. The van der Waals surface area contributed by atoms with E-state index in [2.05, 4.69) is 20.4 Å². The number of carbonyl (C=O) groups excluding carboxylic acids is 1. The molecule has 2 aromatic heterocycles. The summed E-state index contributed by atoms with van der Waals surface area (Å²) in [7, 11) is 3.09. The first-order valence-electron chi connectivity index (χ1n) is 10.6. The summed E-state index contributed by atoms with van der Waals surface area (Å²) >= 11 is 0. The fraction of sp³-hybridized carbons (Fsp3) is 0.280. The van der Waals surface area contributed by atoms with Crippen LogP contribution in [0.15, 0.2) is 47.1 Å². The number of halogens is 1. The summed E-state index contributed by atoms with van der Waals surface area (Å²) in [4.78, 5) is 21.4. The molecule has 2 aromatic carbocycles. The first kappa shape index (κ1) is 23.2. The molecule has 4 aromatic rings. The molecule has 0 aliphatic carbocycles. The molecule has 1 amide bonds. The zero-order valence-electron chi connectivity index (χ0n) is 19.6. The van der Waals surface area contributed by atoms with Crippen LogP contribution in [0.5, 0.6) is 11.5 Å². The second-order valence-corrected chi connectivity index (χ2v) is 8.81. The highest BCUT2D eigenvalue weighted by Crippen LogP contribution is 2.32.